The monoisotopic (exact) mass is 471 g/mol. The van der Waals surface area contributed by atoms with Crippen LogP contribution in [0.1, 0.15) is 35.1 Å². The Balaban J connectivity index is 1.84. The highest BCUT2D eigenvalue weighted by molar-refractivity contribution is 5.59. The molecule has 0 radical (unpaired) electrons. The van der Waals surface area contributed by atoms with Gasteiger partial charge < -0.3 is 24.6 Å². The molecule has 1 aliphatic heterocycles. The Bertz CT molecular complexity index is 1260. The molecule has 1 unspecified atom stereocenters. The van der Waals surface area contributed by atoms with Crippen LogP contribution in [0.25, 0.3) is 0 Å². The molecule has 5 rings (SSSR count). The zero-order valence-electron chi connectivity index (χ0n) is 20.0. The second-order valence-corrected chi connectivity index (χ2v) is 9.36. The molecule has 2 aliphatic rings. The number of hydrogen-bond donors (Lipinski definition) is 2. The molecular formula is C28H29N3O4. The minimum absolute atomic E-state index is 0.357. The van der Waals surface area contributed by atoms with Gasteiger partial charge in [-0.3, -0.25) is 4.98 Å². The molecule has 1 aromatic heterocycles. The molecule has 5 atom stereocenters. The average molecular weight is 472 g/mol. The summed E-state index contributed by atoms with van der Waals surface area (Å²) in [5.41, 5.74) is -0.688. The van der Waals surface area contributed by atoms with Crippen LogP contribution in [0.3, 0.4) is 0 Å². The number of fused-ring (bicyclic) bond motifs is 3. The first-order chi connectivity index (χ1) is 16.9. The second-order valence-electron chi connectivity index (χ2n) is 9.36. The van der Waals surface area contributed by atoms with Crippen LogP contribution in [0.2, 0.25) is 0 Å². The molecule has 0 bridgehead atoms. The molecule has 0 spiro atoms. The first kappa shape index (κ1) is 23.3. The number of pyridine rings is 1. The van der Waals surface area contributed by atoms with E-state index in [9.17, 15) is 15.5 Å². The van der Waals surface area contributed by atoms with Crippen LogP contribution in [-0.2, 0) is 11.2 Å². The molecule has 0 amide bonds. The fourth-order valence-electron chi connectivity index (χ4n) is 6.02. The molecule has 2 aromatic carbocycles. The topological polar surface area (TPSA) is 98.8 Å². The van der Waals surface area contributed by atoms with Crippen molar-refractivity contribution >= 4 is 0 Å². The van der Waals surface area contributed by atoms with E-state index in [0.717, 1.165) is 12.1 Å². The Labute approximate surface area is 205 Å². The molecule has 35 heavy (non-hydrogen) atoms. The highest BCUT2D eigenvalue weighted by Crippen LogP contribution is 2.69. The molecule has 1 fully saturated rings. The summed E-state index contributed by atoms with van der Waals surface area (Å²) < 4.78 is 12.4. The van der Waals surface area contributed by atoms with Gasteiger partial charge in [-0.2, -0.15) is 5.26 Å². The van der Waals surface area contributed by atoms with Crippen LogP contribution in [-0.4, -0.2) is 53.4 Å². The van der Waals surface area contributed by atoms with Crippen molar-refractivity contribution in [1.82, 2.24) is 9.88 Å². The fraction of sp³-hybridized carbons (Fsp3) is 0.357. The van der Waals surface area contributed by atoms with Crippen molar-refractivity contribution in [3.63, 3.8) is 0 Å². The van der Waals surface area contributed by atoms with Gasteiger partial charge in [0.25, 0.3) is 0 Å². The summed E-state index contributed by atoms with van der Waals surface area (Å²) in [6.07, 6.45) is 1.92. The van der Waals surface area contributed by atoms with Crippen molar-refractivity contribution in [3.05, 3.63) is 89.2 Å². The largest absolute Gasteiger partial charge is 0.495 e. The number of aromatic nitrogens is 1. The Morgan fingerprint density at radius 2 is 1.86 bits per heavy atom. The zero-order chi connectivity index (χ0) is 24.8. The molecular weight excluding hydrogens is 442 g/mol. The minimum Gasteiger partial charge on any atom is -0.495 e. The summed E-state index contributed by atoms with van der Waals surface area (Å²) in [5, 5.41) is 34.1. The lowest BCUT2D eigenvalue weighted by Crippen LogP contribution is -2.52. The van der Waals surface area contributed by atoms with Gasteiger partial charge in [-0.1, -0.05) is 49.4 Å². The van der Waals surface area contributed by atoms with Crippen molar-refractivity contribution in [2.24, 2.45) is 5.92 Å². The summed E-state index contributed by atoms with van der Waals surface area (Å²) in [4.78, 5) is 6.38. The van der Waals surface area contributed by atoms with Crippen LogP contribution >= 0.6 is 0 Å². The van der Waals surface area contributed by atoms with E-state index >= 15 is 0 Å². The minimum atomic E-state index is -1.83. The van der Waals surface area contributed by atoms with Crippen molar-refractivity contribution in [2.75, 3.05) is 27.2 Å². The predicted molar refractivity (Wildman–Crippen MR) is 130 cm³/mol. The molecule has 1 aliphatic carbocycles. The Kier molecular flexibility index (Phi) is 5.76. The maximum atomic E-state index is 12.7. The van der Waals surface area contributed by atoms with Crippen LogP contribution in [0.5, 0.6) is 11.5 Å². The van der Waals surface area contributed by atoms with Gasteiger partial charge in [0.05, 0.1) is 42.8 Å². The summed E-state index contributed by atoms with van der Waals surface area (Å²) in [7, 11) is 3.52. The van der Waals surface area contributed by atoms with Gasteiger partial charge in [0, 0.05) is 18.4 Å². The second kappa shape index (κ2) is 8.65. The van der Waals surface area contributed by atoms with Crippen molar-refractivity contribution in [1.29, 1.82) is 5.26 Å². The Morgan fingerprint density at radius 1 is 1.14 bits per heavy atom. The lowest BCUT2D eigenvalue weighted by atomic mass is 9.70. The molecule has 0 saturated heterocycles. The van der Waals surface area contributed by atoms with Gasteiger partial charge >= 0.3 is 0 Å². The third-order valence-electron chi connectivity index (χ3n) is 7.68. The van der Waals surface area contributed by atoms with E-state index < -0.39 is 23.2 Å². The van der Waals surface area contributed by atoms with Crippen LogP contribution in [0.15, 0.2) is 67.0 Å². The molecule has 2 N–H and O–H groups in total. The van der Waals surface area contributed by atoms with E-state index in [1.807, 2.05) is 49.5 Å². The van der Waals surface area contributed by atoms with E-state index in [0.29, 0.717) is 34.7 Å². The van der Waals surface area contributed by atoms with Crippen molar-refractivity contribution in [2.45, 2.75) is 30.1 Å². The molecule has 180 valence electrons. The lowest BCUT2D eigenvalue weighted by Gasteiger charge is -2.41. The van der Waals surface area contributed by atoms with Gasteiger partial charge in [0.2, 0.25) is 0 Å². The highest BCUT2D eigenvalue weighted by Gasteiger charge is 2.76. The summed E-state index contributed by atoms with van der Waals surface area (Å²) in [6, 6.07) is 19.1. The maximum absolute atomic E-state index is 12.7. The van der Waals surface area contributed by atoms with Gasteiger partial charge in [-0.15, -0.1) is 0 Å². The number of ether oxygens (including phenoxy) is 2. The van der Waals surface area contributed by atoms with E-state index in [-0.39, 0.29) is 5.92 Å². The average Bonchev–Trinajstić information content (AvgIpc) is 3.27. The first-order valence-electron chi connectivity index (χ1n) is 11.8. The SMILES string of the molecule is CCN(C)C[C@@H]1C(c2ccccc2)[C@]2(c3ccc(C#N)cc3)Oc3cncc(OC)c3[C@]2(O)[C@@H]1O. The van der Waals surface area contributed by atoms with Gasteiger partial charge in [-0.25, -0.2) is 0 Å². The van der Waals surface area contributed by atoms with Gasteiger partial charge in [0.15, 0.2) is 11.2 Å². The van der Waals surface area contributed by atoms with E-state index in [1.165, 1.54) is 13.3 Å². The van der Waals surface area contributed by atoms with Crippen molar-refractivity contribution < 1.29 is 19.7 Å². The standard InChI is InChI=1S/C28H29N3O4/c1-4-31(2)17-21-24(19-8-6-5-7-9-19)28(20-12-10-18(14-29)11-13-20)27(33,26(21)32)25-22(34-3)15-30-16-23(25)35-28/h5-13,15-16,21,24,26,32-33H,4,17H2,1-3H3/t21-,24?,26-,27+,28+/m1/s1. The Morgan fingerprint density at radius 3 is 2.49 bits per heavy atom. The number of nitrogens with zero attached hydrogens (tertiary/aromatic N) is 3. The highest BCUT2D eigenvalue weighted by atomic mass is 16.5. The summed E-state index contributed by atoms with van der Waals surface area (Å²) >= 11 is 0. The normalized spacial score (nSPS) is 28.8. The molecule has 1 saturated carbocycles. The van der Waals surface area contributed by atoms with E-state index in [1.54, 1.807) is 18.3 Å². The lowest BCUT2D eigenvalue weighted by molar-refractivity contribution is -0.152. The number of rotatable bonds is 6. The zero-order valence-corrected chi connectivity index (χ0v) is 20.0. The molecule has 7 nitrogen and oxygen atoms in total. The molecule has 3 aromatic rings. The number of methoxy groups -OCH3 is 1. The quantitative estimate of drug-likeness (QED) is 0.570. The first-order valence-corrected chi connectivity index (χ1v) is 11.8. The number of nitriles is 1. The van der Waals surface area contributed by atoms with Crippen LogP contribution < -0.4 is 9.47 Å². The maximum Gasteiger partial charge on any atom is 0.177 e. The summed E-state index contributed by atoms with van der Waals surface area (Å²) in [6.45, 7) is 3.40. The number of aliphatic hydroxyl groups excluding tert-OH is 1. The number of hydrogen-bond acceptors (Lipinski definition) is 7. The Hall–Kier alpha value is -3.44. The predicted octanol–water partition coefficient (Wildman–Crippen LogP) is 3.16. The number of benzene rings is 2. The smallest absolute Gasteiger partial charge is 0.177 e. The van der Waals surface area contributed by atoms with Crippen molar-refractivity contribution in [3.8, 4) is 17.6 Å². The molecule has 7 heteroatoms. The van der Waals surface area contributed by atoms with Gasteiger partial charge in [-0.05, 0) is 36.9 Å². The van der Waals surface area contributed by atoms with Crippen LogP contribution in [0.4, 0.5) is 0 Å². The fourth-order valence-corrected chi connectivity index (χ4v) is 6.02. The third kappa shape index (κ3) is 3.18. The summed E-state index contributed by atoms with van der Waals surface area (Å²) in [5.74, 6) is -0.0499. The van der Waals surface area contributed by atoms with Crippen LogP contribution in [0, 0.1) is 17.2 Å². The number of aliphatic hydroxyl groups is 2. The van der Waals surface area contributed by atoms with E-state index in [2.05, 4.69) is 22.9 Å². The van der Waals surface area contributed by atoms with E-state index in [4.69, 9.17) is 9.47 Å². The van der Waals surface area contributed by atoms with Gasteiger partial charge in [0.1, 0.15) is 11.5 Å². The molecule has 2 heterocycles. The third-order valence-corrected chi connectivity index (χ3v) is 7.68.